The van der Waals surface area contributed by atoms with Crippen LogP contribution in [0.25, 0.3) is 11.3 Å². The molecule has 0 saturated carbocycles. The van der Waals surface area contributed by atoms with Crippen molar-refractivity contribution in [1.82, 2.24) is 5.16 Å². The lowest BCUT2D eigenvalue weighted by Crippen LogP contribution is -1.87. The number of hydrogen-bond donors (Lipinski definition) is 0. The highest BCUT2D eigenvalue weighted by atomic mass is 79.9. The minimum Gasteiger partial charge on any atom is -0.496 e. The Bertz CT molecular complexity index is 510. The maximum Gasteiger partial charge on any atom is 0.162 e. The molecule has 4 nitrogen and oxygen atoms in total. The van der Waals surface area contributed by atoms with E-state index in [1.807, 2.05) is 24.3 Å². The van der Waals surface area contributed by atoms with E-state index in [-0.39, 0.29) is 0 Å². The van der Waals surface area contributed by atoms with Crippen LogP contribution in [0.5, 0.6) is 5.75 Å². The quantitative estimate of drug-likeness (QED) is 0.869. The van der Waals surface area contributed by atoms with Crippen molar-refractivity contribution >= 4 is 15.9 Å². The normalized spacial score (nSPS) is 10.5. The molecule has 1 heterocycles. The highest BCUT2D eigenvalue weighted by molar-refractivity contribution is 9.10. The Labute approximate surface area is 108 Å². The predicted molar refractivity (Wildman–Crippen MR) is 66.9 cm³/mol. The van der Waals surface area contributed by atoms with Crippen LogP contribution in [-0.4, -0.2) is 19.4 Å². The first-order valence-electron chi connectivity index (χ1n) is 5.03. The van der Waals surface area contributed by atoms with Crippen LogP contribution >= 0.6 is 15.9 Å². The van der Waals surface area contributed by atoms with Crippen LogP contribution < -0.4 is 4.74 Å². The van der Waals surface area contributed by atoms with E-state index in [1.54, 1.807) is 14.2 Å². The molecule has 0 fully saturated rings. The van der Waals surface area contributed by atoms with Crippen LogP contribution in [0.3, 0.4) is 0 Å². The molecule has 0 saturated heterocycles. The van der Waals surface area contributed by atoms with Gasteiger partial charge in [0.15, 0.2) is 5.76 Å². The van der Waals surface area contributed by atoms with Crippen LogP contribution in [0, 0.1) is 0 Å². The molecule has 0 aliphatic carbocycles. The van der Waals surface area contributed by atoms with E-state index in [0.717, 1.165) is 21.5 Å². The Morgan fingerprint density at radius 2 is 2.12 bits per heavy atom. The molecule has 1 aromatic carbocycles. The van der Waals surface area contributed by atoms with E-state index >= 15 is 0 Å². The van der Waals surface area contributed by atoms with Gasteiger partial charge in [-0.2, -0.15) is 0 Å². The SMILES string of the molecule is COCc1cc(-c2cc(Br)ccc2OC)no1. The molecule has 0 radical (unpaired) electrons. The number of nitrogens with zero attached hydrogens (tertiary/aromatic N) is 1. The summed E-state index contributed by atoms with van der Waals surface area (Å²) in [4.78, 5) is 0. The summed E-state index contributed by atoms with van der Waals surface area (Å²) in [5.41, 5.74) is 1.61. The number of methoxy groups -OCH3 is 2. The Balaban J connectivity index is 2.40. The number of hydrogen-bond acceptors (Lipinski definition) is 4. The van der Waals surface area contributed by atoms with E-state index in [4.69, 9.17) is 14.0 Å². The smallest absolute Gasteiger partial charge is 0.162 e. The molecule has 5 heteroatoms. The molecule has 0 aliphatic rings. The first-order chi connectivity index (χ1) is 8.24. The topological polar surface area (TPSA) is 44.5 Å². The Kier molecular flexibility index (Phi) is 3.81. The van der Waals surface area contributed by atoms with Gasteiger partial charge in [-0.3, -0.25) is 0 Å². The van der Waals surface area contributed by atoms with Gasteiger partial charge in [-0.15, -0.1) is 0 Å². The fraction of sp³-hybridized carbons (Fsp3) is 0.250. The van der Waals surface area contributed by atoms with E-state index in [0.29, 0.717) is 12.4 Å². The largest absolute Gasteiger partial charge is 0.496 e. The molecule has 17 heavy (non-hydrogen) atoms. The minimum absolute atomic E-state index is 0.406. The molecule has 0 bridgehead atoms. The van der Waals surface area contributed by atoms with E-state index < -0.39 is 0 Å². The average Bonchev–Trinajstić information content (AvgIpc) is 2.78. The van der Waals surface area contributed by atoms with Crippen molar-refractivity contribution in [3.8, 4) is 17.0 Å². The van der Waals surface area contributed by atoms with Crippen molar-refractivity contribution < 1.29 is 14.0 Å². The van der Waals surface area contributed by atoms with Crippen molar-refractivity contribution in [3.63, 3.8) is 0 Å². The van der Waals surface area contributed by atoms with Gasteiger partial charge in [0.1, 0.15) is 18.1 Å². The molecule has 2 aromatic rings. The number of ether oxygens (including phenoxy) is 2. The number of halogens is 1. The molecular formula is C12H12BrNO3. The summed E-state index contributed by atoms with van der Waals surface area (Å²) in [6.07, 6.45) is 0. The zero-order valence-corrected chi connectivity index (χ0v) is 11.2. The van der Waals surface area contributed by atoms with Crippen LogP contribution in [0.4, 0.5) is 0 Å². The first-order valence-corrected chi connectivity index (χ1v) is 5.82. The van der Waals surface area contributed by atoms with Crippen molar-refractivity contribution in [1.29, 1.82) is 0 Å². The molecule has 2 rings (SSSR count). The van der Waals surface area contributed by atoms with Gasteiger partial charge in [0.2, 0.25) is 0 Å². The van der Waals surface area contributed by atoms with Crippen molar-refractivity contribution in [2.45, 2.75) is 6.61 Å². The summed E-state index contributed by atoms with van der Waals surface area (Å²) in [6, 6.07) is 7.57. The third-order valence-corrected chi connectivity index (χ3v) is 2.78. The summed E-state index contributed by atoms with van der Waals surface area (Å²) in [5, 5.41) is 4.00. The fourth-order valence-corrected chi connectivity index (χ4v) is 1.89. The number of aromatic nitrogens is 1. The Morgan fingerprint density at radius 1 is 1.29 bits per heavy atom. The maximum absolute atomic E-state index is 5.29. The minimum atomic E-state index is 0.406. The standard InChI is InChI=1S/C12H12BrNO3/c1-15-7-9-6-11(14-17-9)10-5-8(13)3-4-12(10)16-2/h3-6H,7H2,1-2H3. The van der Waals surface area contributed by atoms with Crippen LogP contribution in [-0.2, 0) is 11.3 Å². The lowest BCUT2D eigenvalue weighted by atomic mass is 10.1. The predicted octanol–water partition coefficient (Wildman–Crippen LogP) is 3.26. The third kappa shape index (κ3) is 2.68. The summed E-state index contributed by atoms with van der Waals surface area (Å²) in [5.74, 6) is 1.44. The molecule has 0 spiro atoms. The molecular weight excluding hydrogens is 286 g/mol. The highest BCUT2D eigenvalue weighted by Crippen LogP contribution is 2.32. The summed E-state index contributed by atoms with van der Waals surface area (Å²) in [6.45, 7) is 0.406. The van der Waals surface area contributed by atoms with Gasteiger partial charge in [-0.1, -0.05) is 21.1 Å². The fourth-order valence-electron chi connectivity index (χ4n) is 1.53. The second kappa shape index (κ2) is 5.33. The number of benzene rings is 1. The summed E-state index contributed by atoms with van der Waals surface area (Å²) < 4.78 is 16.4. The second-order valence-corrected chi connectivity index (χ2v) is 4.37. The Hall–Kier alpha value is -1.33. The van der Waals surface area contributed by atoms with Crippen LogP contribution in [0.15, 0.2) is 33.3 Å². The van der Waals surface area contributed by atoms with E-state index in [1.165, 1.54) is 0 Å². The van der Waals surface area contributed by atoms with Gasteiger partial charge in [0.25, 0.3) is 0 Å². The van der Waals surface area contributed by atoms with Crippen molar-refractivity contribution in [3.05, 3.63) is 34.5 Å². The zero-order chi connectivity index (χ0) is 12.3. The van der Waals surface area contributed by atoms with Crippen molar-refractivity contribution in [2.75, 3.05) is 14.2 Å². The maximum atomic E-state index is 5.29. The molecule has 1 aromatic heterocycles. The highest BCUT2D eigenvalue weighted by Gasteiger charge is 2.11. The van der Waals surface area contributed by atoms with E-state index in [2.05, 4.69) is 21.1 Å². The van der Waals surface area contributed by atoms with Gasteiger partial charge in [-0.05, 0) is 18.2 Å². The lowest BCUT2D eigenvalue weighted by molar-refractivity contribution is 0.156. The molecule has 90 valence electrons. The summed E-state index contributed by atoms with van der Waals surface area (Å²) >= 11 is 3.42. The first kappa shape index (κ1) is 12.1. The molecule has 0 N–H and O–H groups in total. The van der Waals surface area contributed by atoms with Crippen molar-refractivity contribution in [2.24, 2.45) is 0 Å². The monoisotopic (exact) mass is 297 g/mol. The molecule has 0 amide bonds. The molecule has 0 aliphatic heterocycles. The number of rotatable bonds is 4. The average molecular weight is 298 g/mol. The second-order valence-electron chi connectivity index (χ2n) is 3.46. The van der Waals surface area contributed by atoms with Gasteiger partial charge >= 0.3 is 0 Å². The molecule has 0 atom stereocenters. The Morgan fingerprint density at radius 3 is 2.82 bits per heavy atom. The van der Waals surface area contributed by atoms with Gasteiger partial charge in [0.05, 0.1) is 7.11 Å². The van der Waals surface area contributed by atoms with Crippen LogP contribution in [0.2, 0.25) is 0 Å². The molecule has 0 unspecified atom stereocenters. The zero-order valence-electron chi connectivity index (χ0n) is 9.57. The van der Waals surface area contributed by atoms with Gasteiger partial charge in [0, 0.05) is 23.2 Å². The third-order valence-electron chi connectivity index (χ3n) is 2.28. The van der Waals surface area contributed by atoms with Crippen LogP contribution in [0.1, 0.15) is 5.76 Å². The van der Waals surface area contributed by atoms with E-state index in [9.17, 15) is 0 Å². The summed E-state index contributed by atoms with van der Waals surface area (Å²) in [7, 11) is 3.24. The van der Waals surface area contributed by atoms with Gasteiger partial charge in [-0.25, -0.2) is 0 Å². The van der Waals surface area contributed by atoms with Gasteiger partial charge < -0.3 is 14.0 Å². The lowest BCUT2D eigenvalue weighted by Gasteiger charge is -2.05.